The molecule has 2 heteroatoms. The molecule has 1 aliphatic heterocycles. The monoisotopic (exact) mass is 288 g/mol. The van der Waals surface area contributed by atoms with Gasteiger partial charge in [0, 0.05) is 31.7 Å². The van der Waals surface area contributed by atoms with Crippen molar-refractivity contribution in [2.24, 2.45) is 5.92 Å². The molecule has 1 heterocycles. The van der Waals surface area contributed by atoms with Crippen molar-refractivity contribution in [3.63, 3.8) is 0 Å². The summed E-state index contributed by atoms with van der Waals surface area (Å²) in [7, 11) is 0. The highest BCUT2D eigenvalue weighted by Gasteiger charge is 2.27. The normalized spacial score (nSPS) is 23.6. The van der Waals surface area contributed by atoms with Crippen molar-refractivity contribution in [3.05, 3.63) is 35.9 Å². The predicted molar refractivity (Wildman–Crippen MR) is 91.7 cm³/mol. The highest BCUT2D eigenvalue weighted by molar-refractivity contribution is 5.16. The van der Waals surface area contributed by atoms with E-state index in [9.17, 15) is 0 Å². The van der Waals surface area contributed by atoms with Crippen molar-refractivity contribution in [2.45, 2.75) is 58.5 Å². The van der Waals surface area contributed by atoms with Crippen LogP contribution in [-0.4, -0.2) is 36.6 Å². The number of hydrogen-bond donors (Lipinski definition) is 1. The van der Waals surface area contributed by atoms with Gasteiger partial charge < -0.3 is 5.32 Å². The Morgan fingerprint density at radius 2 is 1.86 bits per heavy atom. The smallest absolute Gasteiger partial charge is 0.0236 e. The summed E-state index contributed by atoms with van der Waals surface area (Å²) in [5.74, 6) is 0.856. The molecule has 0 amide bonds. The lowest BCUT2D eigenvalue weighted by molar-refractivity contribution is 0.104. The summed E-state index contributed by atoms with van der Waals surface area (Å²) in [6, 6.07) is 12.2. The Balaban J connectivity index is 1.94. The highest BCUT2D eigenvalue weighted by Crippen LogP contribution is 2.18. The van der Waals surface area contributed by atoms with E-state index in [2.05, 4.69) is 61.3 Å². The number of rotatable bonds is 7. The molecule has 2 atom stereocenters. The molecule has 1 N–H and O–H groups in total. The van der Waals surface area contributed by atoms with Crippen molar-refractivity contribution in [1.29, 1.82) is 0 Å². The lowest BCUT2D eigenvalue weighted by Crippen LogP contribution is -2.57. The van der Waals surface area contributed by atoms with Crippen LogP contribution in [0.15, 0.2) is 30.3 Å². The van der Waals surface area contributed by atoms with Gasteiger partial charge in [-0.1, -0.05) is 63.9 Å². The fourth-order valence-corrected chi connectivity index (χ4v) is 3.47. The van der Waals surface area contributed by atoms with E-state index in [4.69, 9.17) is 0 Å². The molecule has 0 bridgehead atoms. The third-order valence-electron chi connectivity index (χ3n) is 5.06. The molecule has 0 aromatic heterocycles. The molecule has 2 rings (SSSR count). The third-order valence-corrected chi connectivity index (χ3v) is 5.06. The van der Waals surface area contributed by atoms with Crippen molar-refractivity contribution in [2.75, 3.05) is 19.6 Å². The molecule has 2 unspecified atom stereocenters. The topological polar surface area (TPSA) is 15.3 Å². The van der Waals surface area contributed by atoms with Crippen LogP contribution in [0.25, 0.3) is 0 Å². The summed E-state index contributed by atoms with van der Waals surface area (Å²) in [6.07, 6.45) is 5.02. The van der Waals surface area contributed by atoms with Crippen molar-refractivity contribution < 1.29 is 0 Å². The third kappa shape index (κ3) is 4.82. The van der Waals surface area contributed by atoms with Gasteiger partial charge in [-0.3, -0.25) is 4.90 Å². The number of nitrogens with zero attached hydrogens (tertiary/aromatic N) is 1. The van der Waals surface area contributed by atoms with Crippen LogP contribution in [-0.2, 0) is 6.42 Å². The van der Waals surface area contributed by atoms with Crippen LogP contribution >= 0.6 is 0 Å². The van der Waals surface area contributed by atoms with Gasteiger partial charge in [-0.15, -0.1) is 0 Å². The van der Waals surface area contributed by atoms with Gasteiger partial charge in [0.25, 0.3) is 0 Å². The molecule has 1 saturated heterocycles. The average molecular weight is 288 g/mol. The van der Waals surface area contributed by atoms with E-state index in [1.54, 1.807) is 0 Å². The van der Waals surface area contributed by atoms with E-state index in [0.29, 0.717) is 6.04 Å². The first-order valence-electron chi connectivity index (χ1n) is 8.78. The van der Waals surface area contributed by atoms with Crippen LogP contribution in [0, 0.1) is 5.92 Å². The number of hydrogen-bond acceptors (Lipinski definition) is 2. The molecule has 0 spiro atoms. The van der Waals surface area contributed by atoms with E-state index in [1.807, 2.05) is 0 Å². The summed E-state index contributed by atoms with van der Waals surface area (Å²) in [5.41, 5.74) is 1.45. The maximum Gasteiger partial charge on any atom is 0.0236 e. The summed E-state index contributed by atoms with van der Waals surface area (Å²) < 4.78 is 0. The SMILES string of the molecule is CCC(CC)CN1CC(Cc2ccccc2)NCC1CC. The molecule has 118 valence electrons. The first kappa shape index (κ1) is 16.5. The largest absolute Gasteiger partial charge is 0.311 e. The number of piperazine rings is 1. The zero-order valence-electron chi connectivity index (χ0n) is 14.0. The molecular formula is C19H32N2. The van der Waals surface area contributed by atoms with Crippen LogP contribution in [0.5, 0.6) is 0 Å². The minimum absolute atomic E-state index is 0.601. The number of nitrogens with one attached hydrogen (secondary N) is 1. The Kier molecular flexibility index (Phi) is 6.72. The molecule has 0 saturated carbocycles. The first-order valence-corrected chi connectivity index (χ1v) is 8.78. The quantitative estimate of drug-likeness (QED) is 0.822. The average Bonchev–Trinajstić information content (AvgIpc) is 2.54. The van der Waals surface area contributed by atoms with E-state index in [0.717, 1.165) is 24.9 Å². The van der Waals surface area contributed by atoms with Gasteiger partial charge in [0.15, 0.2) is 0 Å². The fourth-order valence-electron chi connectivity index (χ4n) is 3.47. The summed E-state index contributed by atoms with van der Waals surface area (Å²) in [6.45, 7) is 10.6. The summed E-state index contributed by atoms with van der Waals surface area (Å²) >= 11 is 0. The Labute approximate surface area is 130 Å². The predicted octanol–water partition coefficient (Wildman–Crippen LogP) is 3.72. The number of benzene rings is 1. The standard InChI is InChI=1S/C19H32N2/c1-4-16(5-2)14-21-15-18(20-13-19(21)6-3)12-17-10-8-7-9-11-17/h7-11,16,18-20H,4-6,12-15H2,1-3H3. The van der Waals surface area contributed by atoms with E-state index in [-0.39, 0.29) is 0 Å². The van der Waals surface area contributed by atoms with Gasteiger partial charge in [0.05, 0.1) is 0 Å². The van der Waals surface area contributed by atoms with Gasteiger partial charge in [-0.25, -0.2) is 0 Å². The van der Waals surface area contributed by atoms with E-state index >= 15 is 0 Å². The minimum atomic E-state index is 0.601. The second-order valence-electron chi connectivity index (χ2n) is 6.49. The van der Waals surface area contributed by atoms with Crippen LogP contribution in [0.3, 0.4) is 0 Å². The van der Waals surface area contributed by atoms with Crippen LogP contribution in [0.1, 0.15) is 45.6 Å². The maximum absolute atomic E-state index is 3.77. The highest BCUT2D eigenvalue weighted by atomic mass is 15.2. The fraction of sp³-hybridized carbons (Fsp3) is 0.684. The molecule has 1 fully saturated rings. The van der Waals surface area contributed by atoms with E-state index in [1.165, 1.54) is 37.9 Å². The second kappa shape index (κ2) is 8.55. The van der Waals surface area contributed by atoms with Gasteiger partial charge >= 0.3 is 0 Å². The molecule has 0 aliphatic carbocycles. The van der Waals surface area contributed by atoms with Gasteiger partial charge in [0.2, 0.25) is 0 Å². The molecule has 0 radical (unpaired) electrons. The molecule has 1 aliphatic rings. The summed E-state index contributed by atoms with van der Waals surface area (Å²) in [4.78, 5) is 2.75. The van der Waals surface area contributed by atoms with Gasteiger partial charge in [-0.05, 0) is 24.3 Å². The van der Waals surface area contributed by atoms with Crippen molar-refractivity contribution in [1.82, 2.24) is 10.2 Å². The maximum atomic E-state index is 3.77. The zero-order chi connectivity index (χ0) is 15.1. The van der Waals surface area contributed by atoms with Crippen LogP contribution in [0.4, 0.5) is 0 Å². The Hall–Kier alpha value is -0.860. The van der Waals surface area contributed by atoms with Crippen LogP contribution < -0.4 is 5.32 Å². The Bertz CT molecular complexity index is 386. The Morgan fingerprint density at radius 1 is 1.14 bits per heavy atom. The zero-order valence-corrected chi connectivity index (χ0v) is 14.0. The molecule has 2 nitrogen and oxygen atoms in total. The molecular weight excluding hydrogens is 256 g/mol. The van der Waals surface area contributed by atoms with Crippen LogP contribution in [0.2, 0.25) is 0 Å². The van der Waals surface area contributed by atoms with Gasteiger partial charge in [0.1, 0.15) is 0 Å². The molecule has 1 aromatic rings. The van der Waals surface area contributed by atoms with Crippen molar-refractivity contribution >= 4 is 0 Å². The van der Waals surface area contributed by atoms with E-state index < -0.39 is 0 Å². The lowest BCUT2D eigenvalue weighted by Gasteiger charge is -2.41. The van der Waals surface area contributed by atoms with Crippen molar-refractivity contribution in [3.8, 4) is 0 Å². The molecule has 1 aromatic carbocycles. The molecule has 21 heavy (non-hydrogen) atoms. The summed E-state index contributed by atoms with van der Waals surface area (Å²) in [5, 5.41) is 3.77. The minimum Gasteiger partial charge on any atom is -0.311 e. The van der Waals surface area contributed by atoms with Gasteiger partial charge in [-0.2, -0.15) is 0 Å². The Morgan fingerprint density at radius 3 is 2.48 bits per heavy atom. The second-order valence-corrected chi connectivity index (χ2v) is 6.49. The first-order chi connectivity index (χ1) is 10.3. The lowest BCUT2D eigenvalue weighted by atomic mass is 9.97.